The molecule has 0 bridgehead atoms. The number of hydrogen-bond acceptors (Lipinski definition) is 5. The minimum atomic E-state index is 0.544. The summed E-state index contributed by atoms with van der Waals surface area (Å²) in [6.45, 7) is 0. The second-order valence-electron chi connectivity index (χ2n) is 3.11. The van der Waals surface area contributed by atoms with E-state index in [-0.39, 0.29) is 0 Å². The van der Waals surface area contributed by atoms with E-state index in [1.54, 1.807) is 22.7 Å². The molecule has 3 aromatic rings. The van der Waals surface area contributed by atoms with Crippen molar-refractivity contribution in [1.82, 2.24) is 10.2 Å². The molecule has 0 aromatic carbocycles. The molecule has 0 aliphatic heterocycles. The Morgan fingerprint density at radius 1 is 0.882 bits per heavy atom. The average Bonchev–Trinajstić information content (AvgIpc) is 2.97. The minimum Gasteiger partial charge on any atom is -0.414 e. The lowest BCUT2D eigenvalue weighted by Gasteiger charge is -1.90. The van der Waals surface area contributed by atoms with Crippen LogP contribution in [-0.4, -0.2) is 10.2 Å². The summed E-state index contributed by atoms with van der Waals surface area (Å²) in [6.07, 6.45) is 0. The van der Waals surface area contributed by atoms with Crippen LogP contribution in [-0.2, 0) is 0 Å². The average molecular weight is 392 g/mol. The first-order chi connectivity index (χ1) is 8.25. The summed E-state index contributed by atoms with van der Waals surface area (Å²) in [5.41, 5.74) is 0. The van der Waals surface area contributed by atoms with Crippen molar-refractivity contribution in [3.05, 3.63) is 31.8 Å². The molecule has 0 amide bonds. The van der Waals surface area contributed by atoms with Crippen molar-refractivity contribution in [2.75, 3.05) is 0 Å². The topological polar surface area (TPSA) is 38.9 Å². The molecule has 0 N–H and O–H groups in total. The first-order valence-corrected chi connectivity index (χ1v) is 7.90. The maximum atomic E-state index is 5.67. The molecule has 0 aliphatic carbocycles. The van der Waals surface area contributed by atoms with Gasteiger partial charge in [0.05, 0.1) is 0 Å². The maximum absolute atomic E-state index is 5.67. The van der Waals surface area contributed by atoms with Crippen molar-refractivity contribution < 1.29 is 4.42 Å². The Hall–Kier alpha value is -0.500. The summed E-state index contributed by atoms with van der Waals surface area (Å²) in [7, 11) is 0. The molecule has 3 rings (SSSR count). The monoisotopic (exact) mass is 390 g/mol. The summed E-state index contributed by atoms with van der Waals surface area (Å²) in [5.74, 6) is 1.09. The molecule has 0 radical (unpaired) electrons. The molecule has 86 valence electrons. The van der Waals surface area contributed by atoms with E-state index in [1.165, 1.54) is 0 Å². The summed E-state index contributed by atoms with van der Waals surface area (Å²) in [6, 6.07) is 3.93. The van der Waals surface area contributed by atoms with Crippen molar-refractivity contribution in [3.8, 4) is 21.5 Å². The molecular formula is C10H4Br2N2OS2. The zero-order chi connectivity index (χ0) is 11.8. The molecule has 3 nitrogen and oxygen atoms in total. The SMILES string of the molecule is Brc1ccsc1-c1nnc(-c2sccc2Br)o1. The highest BCUT2D eigenvalue weighted by molar-refractivity contribution is 9.11. The molecule has 0 aliphatic rings. The van der Waals surface area contributed by atoms with Crippen LogP contribution >= 0.6 is 54.5 Å². The summed E-state index contributed by atoms with van der Waals surface area (Å²) in [5, 5.41) is 12.1. The van der Waals surface area contributed by atoms with Gasteiger partial charge in [0.1, 0.15) is 9.75 Å². The number of hydrogen-bond donors (Lipinski definition) is 0. The van der Waals surface area contributed by atoms with E-state index in [1.807, 2.05) is 22.9 Å². The lowest BCUT2D eigenvalue weighted by atomic mass is 10.4. The Balaban J connectivity index is 2.05. The fraction of sp³-hybridized carbons (Fsp3) is 0. The molecule has 3 aromatic heterocycles. The number of halogens is 2. The first-order valence-electron chi connectivity index (χ1n) is 4.56. The van der Waals surface area contributed by atoms with Gasteiger partial charge in [-0.1, -0.05) is 0 Å². The van der Waals surface area contributed by atoms with E-state index < -0.39 is 0 Å². The van der Waals surface area contributed by atoms with Crippen molar-refractivity contribution >= 4 is 54.5 Å². The lowest BCUT2D eigenvalue weighted by molar-refractivity contribution is 0.587. The number of nitrogens with zero attached hydrogens (tertiary/aromatic N) is 2. The van der Waals surface area contributed by atoms with Crippen LogP contribution in [0.25, 0.3) is 21.5 Å². The first kappa shape index (κ1) is 11.6. The minimum absolute atomic E-state index is 0.544. The quantitative estimate of drug-likeness (QED) is 0.613. The van der Waals surface area contributed by atoms with Gasteiger partial charge in [0, 0.05) is 8.95 Å². The highest BCUT2D eigenvalue weighted by Crippen LogP contribution is 2.37. The van der Waals surface area contributed by atoms with Gasteiger partial charge in [-0.3, -0.25) is 0 Å². The van der Waals surface area contributed by atoms with Crippen molar-refractivity contribution in [2.24, 2.45) is 0 Å². The summed E-state index contributed by atoms with van der Waals surface area (Å²) in [4.78, 5) is 1.91. The molecule has 7 heteroatoms. The molecule has 0 atom stereocenters. The van der Waals surface area contributed by atoms with Gasteiger partial charge in [0.15, 0.2) is 0 Å². The van der Waals surface area contributed by atoms with Crippen LogP contribution in [0.5, 0.6) is 0 Å². The third kappa shape index (κ3) is 2.12. The van der Waals surface area contributed by atoms with E-state index in [0.717, 1.165) is 18.7 Å². The molecule has 17 heavy (non-hydrogen) atoms. The van der Waals surface area contributed by atoms with Gasteiger partial charge >= 0.3 is 0 Å². The molecular weight excluding hydrogens is 388 g/mol. The number of aromatic nitrogens is 2. The predicted molar refractivity (Wildman–Crippen MR) is 76.3 cm³/mol. The van der Waals surface area contributed by atoms with Gasteiger partial charge in [-0.05, 0) is 54.8 Å². The van der Waals surface area contributed by atoms with E-state index >= 15 is 0 Å². The van der Waals surface area contributed by atoms with Crippen LogP contribution in [0.1, 0.15) is 0 Å². The van der Waals surface area contributed by atoms with Crippen LogP contribution in [0.3, 0.4) is 0 Å². The van der Waals surface area contributed by atoms with Gasteiger partial charge in [-0.25, -0.2) is 0 Å². The zero-order valence-corrected chi connectivity index (χ0v) is 13.0. The zero-order valence-electron chi connectivity index (χ0n) is 8.18. The number of rotatable bonds is 2. The van der Waals surface area contributed by atoms with Crippen molar-refractivity contribution in [1.29, 1.82) is 0 Å². The molecule has 0 unspecified atom stereocenters. The van der Waals surface area contributed by atoms with Crippen LogP contribution in [0.15, 0.2) is 36.3 Å². The van der Waals surface area contributed by atoms with Crippen molar-refractivity contribution in [2.45, 2.75) is 0 Å². The van der Waals surface area contributed by atoms with Crippen LogP contribution in [0.4, 0.5) is 0 Å². The fourth-order valence-corrected chi connectivity index (χ4v) is 4.22. The fourth-order valence-electron chi connectivity index (χ4n) is 1.30. The molecule has 0 saturated carbocycles. The van der Waals surface area contributed by atoms with Crippen LogP contribution < -0.4 is 0 Å². The Morgan fingerprint density at radius 2 is 1.35 bits per heavy atom. The molecule has 3 heterocycles. The molecule has 0 fully saturated rings. The van der Waals surface area contributed by atoms with Gasteiger partial charge in [0.25, 0.3) is 11.8 Å². The van der Waals surface area contributed by atoms with Gasteiger partial charge in [-0.2, -0.15) is 0 Å². The highest BCUT2D eigenvalue weighted by atomic mass is 79.9. The van der Waals surface area contributed by atoms with E-state index in [9.17, 15) is 0 Å². The predicted octanol–water partition coefficient (Wildman–Crippen LogP) is 5.05. The second kappa shape index (κ2) is 4.64. The maximum Gasteiger partial charge on any atom is 0.259 e. The third-order valence-electron chi connectivity index (χ3n) is 2.05. The van der Waals surface area contributed by atoms with Gasteiger partial charge < -0.3 is 4.42 Å². The number of thiophene rings is 2. The van der Waals surface area contributed by atoms with E-state index in [0.29, 0.717) is 11.8 Å². The van der Waals surface area contributed by atoms with Crippen molar-refractivity contribution in [3.63, 3.8) is 0 Å². The van der Waals surface area contributed by atoms with Gasteiger partial charge in [0.2, 0.25) is 0 Å². The Morgan fingerprint density at radius 3 is 1.71 bits per heavy atom. The van der Waals surface area contributed by atoms with E-state index in [2.05, 4.69) is 42.1 Å². The molecule has 0 saturated heterocycles. The summed E-state index contributed by atoms with van der Waals surface area (Å²) < 4.78 is 7.62. The Kier molecular flexibility index (Phi) is 3.16. The summed E-state index contributed by atoms with van der Waals surface area (Å²) >= 11 is 10.0. The smallest absolute Gasteiger partial charge is 0.259 e. The largest absolute Gasteiger partial charge is 0.414 e. The highest BCUT2D eigenvalue weighted by Gasteiger charge is 2.16. The van der Waals surface area contributed by atoms with E-state index in [4.69, 9.17) is 4.42 Å². The Labute approximate surface area is 122 Å². The van der Waals surface area contributed by atoms with Gasteiger partial charge in [-0.15, -0.1) is 32.9 Å². The third-order valence-corrected chi connectivity index (χ3v) is 5.70. The van der Waals surface area contributed by atoms with Crippen LogP contribution in [0, 0.1) is 0 Å². The lowest BCUT2D eigenvalue weighted by Crippen LogP contribution is -1.73. The molecule has 0 spiro atoms. The second-order valence-corrected chi connectivity index (χ2v) is 6.65. The Bertz CT molecular complexity index is 604. The van der Waals surface area contributed by atoms with Crippen LogP contribution in [0.2, 0.25) is 0 Å². The standard InChI is InChI=1S/C10H4Br2N2OS2/c11-5-1-3-16-7(5)9-13-14-10(15-9)8-6(12)2-4-17-8/h1-4H. The normalized spacial score (nSPS) is 10.9.